The average molecular weight is 418 g/mol. The van der Waals surface area contributed by atoms with E-state index in [9.17, 15) is 9.59 Å². The Morgan fingerprint density at radius 1 is 0.900 bits per heavy atom. The maximum atomic E-state index is 12.8. The van der Waals surface area contributed by atoms with Gasteiger partial charge in [0, 0.05) is 6.42 Å². The molecule has 1 amide bonds. The van der Waals surface area contributed by atoms with Crippen molar-refractivity contribution in [2.24, 2.45) is 0 Å². The molecule has 4 aromatic carbocycles. The highest BCUT2D eigenvalue weighted by atomic mass is 35.5. The summed E-state index contributed by atoms with van der Waals surface area (Å²) in [6.07, 6.45) is 0.296. The fraction of sp³-hybridized carbons (Fsp3) is 0.120. The van der Waals surface area contributed by atoms with Crippen LogP contribution in [0.25, 0.3) is 21.5 Å². The lowest BCUT2D eigenvalue weighted by molar-refractivity contribution is -0.142. The van der Waals surface area contributed by atoms with Gasteiger partial charge in [0.15, 0.2) is 0 Å². The zero-order valence-electron chi connectivity index (χ0n) is 16.4. The number of carbonyl (C=O) groups excluding carboxylic acids is 2. The average Bonchev–Trinajstić information content (AvgIpc) is 2.77. The summed E-state index contributed by atoms with van der Waals surface area (Å²) in [5, 5.41) is 7.36. The van der Waals surface area contributed by atoms with Crippen LogP contribution in [-0.4, -0.2) is 25.0 Å². The molecule has 1 N–H and O–H groups in total. The second-order valence-corrected chi connectivity index (χ2v) is 7.44. The third-order valence-electron chi connectivity index (χ3n) is 5.20. The van der Waals surface area contributed by atoms with Crippen LogP contribution >= 0.6 is 11.6 Å². The van der Waals surface area contributed by atoms with E-state index in [-0.39, 0.29) is 0 Å². The van der Waals surface area contributed by atoms with Gasteiger partial charge >= 0.3 is 5.97 Å². The minimum Gasteiger partial charge on any atom is -0.467 e. The van der Waals surface area contributed by atoms with Crippen LogP contribution in [0.4, 0.5) is 0 Å². The minimum atomic E-state index is -0.854. The standard InChI is InChI=1S/C25H20ClNO3/c1-30-25(29)23(27-24(28)20-12-6-7-13-22(20)26)15-21-18-10-4-2-8-16(18)14-17-9-3-5-11-19(17)21/h2-14,23H,15H2,1H3,(H,27,28)/t23-/m1/s1. The number of amides is 1. The topological polar surface area (TPSA) is 55.4 Å². The molecular weight excluding hydrogens is 398 g/mol. The zero-order valence-corrected chi connectivity index (χ0v) is 17.1. The van der Waals surface area contributed by atoms with Crippen LogP contribution in [0.2, 0.25) is 5.02 Å². The Bertz CT molecular complexity index is 1200. The Labute approximate surface area is 179 Å². The van der Waals surface area contributed by atoms with Crippen LogP contribution in [-0.2, 0) is 16.0 Å². The number of fused-ring (bicyclic) bond motifs is 2. The lowest BCUT2D eigenvalue weighted by Gasteiger charge is -2.19. The first-order valence-corrected chi connectivity index (χ1v) is 9.99. The van der Waals surface area contributed by atoms with E-state index in [0.29, 0.717) is 17.0 Å². The van der Waals surface area contributed by atoms with E-state index in [1.807, 2.05) is 48.5 Å². The molecule has 0 fully saturated rings. The molecule has 0 saturated heterocycles. The van der Waals surface area contributed by atoms with E-state index in [0.717, 1.165) is 27.1 Å². The van der Waals surface area contributed by atoms with E-state index in [1.54, 1.807) is 24.3 Å². The van der Waals surface area contributed by atoms with Gasteiger partial charge in [-0.25, -0.2) is 4.79 Å². The van der Waals surface area contributed by atoms with Crippen molar-refractivity contribution < 1.29 is 14.3 Å². The number of benzene rings is 4. The van der Waals surface area contributed by atoms with Gasteiger partial charge in [0.25, 0.3) is 5.91 Å². The Kier molecular flexibility index (Phi) is 5.68. The molecule has 0 aliphatic rings. The number of esters is 1. The van der Waals surface area contributed by atoms with E-state index >= 15 is 0 Å². The van der Waals surface area contributed by atoms with E-state index in [4.69, 9.17) is 16.3 Å². The van der Waals surface area contributed by atoms with Crippen LogP contribution in [0.3, 0.4) is 0 Å². The zero-order chi connectivity index (χ0) is 21.1. The van der Waals surface area contributed by atoms with Gasteiger partial charge in [-0.2, -0.15) is 0 Å². The molecule has 4 rings (SSSR count). The summed E-state index contributed by atoms with van der Waals surface area (Å²) in [5.41, 5.74) is 1.30. The van der Waals surface area contributed by atoms with Gasteiger partial charge in [0.2, 0.25) is 0 Å². The first-order valence-electron chi connectivity index (χ1n) is 9.61. The molecule has 0 heterocycles. The molecule has 150 valence electrons. The van der Waals surface area contributed by atoms with Crippen LogP contribution in [0.5, 0.6) is 0 Å². The molecule has 5 heteroatoms. The van der Waals surface area contributed by atoms with Gasteiger partial charge in [-0.15, -0.1) is 0 Å². The summed E-state index contributed by atoms with van der Waals surface area (Å²) in [6, 6.07) is 24.1. The van der Waals surface area contributed by atoms with Crippen molar-refractivity contribution in [3.8, 4) is 0 Å². The number of nitrogens with one attached hydrogen (secondary N) is 1. The van der Waals surface area contributed by atoms with Gasteiger partial charge in [-0.3, -0.25) is 4.79 Å². The summed E-state index contributed by atoms with van der Waals surface area (Å²) in [6.45, 7) is 0. The molecule has 1 atom stereocenters. The van der Waals surface area contributed by atoms with Crippen LogP contribution in [0.15, 0.2) is 78.9 Å². The van der Waals surface area contributed by atoms with Gasteiger partial charge < -0.3 is 10.1 Å². The summed E-state index contributed by atoms with van der Waals surface area (Å²) < 4.78 is 4.99. The maximum absolute atomic E-state index is 12.8. The Balaban J connectivity index is 1.77. The van der Waals surface area contributed by atoms with Crippen molar-refractivity contribution in [1.82, 2.24) is 5.32 Å². The monoisotopic (exact) mass is 417 g/mol. The highest BCUT2D eigenvalue weighted by Crippen LogP contribution is 2.29. The predicted octanol–water partition coefficient (Wildman–Crippen LogP) is 5.16. The van der Waals surface area contributed by atoms with E-state index < -0.39 is 17.9 Å². The van der Waals surface area contributed by atoms with Crippen molar-refractivity contribution in [3.63, 3.8) is 0 Å². The number of halogens is 1. The fourth-order valence-corrected chi connectivity index (χ4v) is 3.97. The molecule has 0 unspecified atom stereocenters. The van der Waals surface area contributed by atoms with Gasteiger partial charge in [-0.05, 0) is 45.3 Å². The molecule has 0 aromatic heterocycles. The molecule has 0 aliphatic heterocycles. The van der Waals surface area contributed by atoms with Crippen molar-refractivity contribution in [1.29, 1.82) is 0 Å². The lowest BCUT2D eigenvalue weighted by Crippen LogP contribution is -2.43. The lowest BCUT2D eigenvalue weighted by atomic mass is 9.92. The Morgan fingerprint density at radius 3 is 2.07 bits per heavy atom. The van der Waals surface area contributed by atoms with Crippen molar-refractivity contribution >= 4 is 45.0 Å². The number of hydrogen-bond acceptors (Lipinski definition) is 3. The molecule has 0 bridgehead atoms. The van der Waals surface area contributed by atoms with E-state index in [2.05, 4.69) is 11.4 Å². The maximum Gasteiger partial charge on any atom is 0.328 e. The van der Waals surface area contributed by atoms with Gasteiger partial charge in [0.05, 0.1) is 17.7 Å². The van der Waals surface area contributed by atoms with Crippen LogP contribution in [0, 0.1) is 0 Å². The van der Waals surface area contributed by atoms with Crippen molar-refractivity contribution in [3.05, 3.63) is 95.0 Å². The highest BCUT2D eigenvalue weighted by Gasteiger charge is 2.25. The Morgan fingerprint density at radius 2 is 1.47 bits per heavy atom. The smallest absolute Gasteiger partial charge is 0.328 e. The molecule has 0 spiro atoms. The summed E-state index contributed by atoms with van der Waals surface area (Å²) in [7, 11) is 1.32. The number of ether oxygens (including phenoxy) is 1. The van der Waals surface area contributed by atoms with E-state index in [1.165, 1.54) is 7.11 Å². The van der Waals surface area contributed by atoms with Crippen LogP contribution in [0.1, 0.15) is 15.9 Å². The molecule has 30 heavy (non-hydrogen) atoms. The number of carbonyl (C=O) groups is 2. The first-order chi connectivity index (χ1) is 14.6. The van der Waals surface area contributed by atoms with Crippen molar-refractivity contribution in [2.45, 2.75) is 12.5 Å². The van der Waals surface area contributed by atoms with Gasteiger partial charge in [0.1, 0.15) is 6.04 Å². The number of methoxy groups -OCH3 is 1. The largest absolute Gasteiger partial charge is 0.467 e. The third-order valence-corrected chi connectivity index (χ3v) is 5.53. The molecule has 0 radical (unpaired) electrons. The fourth-order valence-electron chi connectivity index (χ4n) is 3.75. The molecule has 4 aromatic rings. The molecule has 4 nitrogen and oxygen atoms in total. The molecular formula is C25H20ClNO3. The highest BCUT2D eigenvalue weighted by molar-refractivity contribution is 6.33. The minimum absolute atomic E-state index is 0.296. The predicted molar refractivity (Wildman–Crippen MR) is 120 cm³/mol. The number of rotatable bonds is 5. The Hall–Kier alpha value is -3.37. The van der Waals surface area contributed by atoms with Crippen LogP contribution < -0.4 is 5.32 Å². The number of hydrogen-bond donors (Lipinski definition) is 1. The second-order valence-electron chi connectivity index (χ2n) is 7.03. The quantitative estimate of drug-likeness (QED) is 0.360. The summed E-state index contributed by atoms with van der Waals surface area (Å²) in [5.74, 6) is -0.923. The molecule has 0 saturated carbocycles. The van der Waals surface area contributed by atoms with Crippen molar-refractivity contribution in [2.75, 3.05) is 7.11 Å². The second kappa shape index (κ2) is 8.56. The summed E-state index contributed by atoms with van der Waals surface area (Å²) in [4.78, 5) is 25.4. The summed E-state index contributed by atoms with van der Waals surface area (Å²) >= 11 is 6.16. The first kappa shape index (κ1) is 19.9. The SMILES string of the molecule is COC(=O)[C@@H](Cc1c2ccccc2cc2ccccc12)NC(=O)c1ccccc1Cl. The van der Waals surface area contributed by atoms with Gasteiger partial charge in [-0.1, -0.05) is 72.3 Å². The molecule has 0 aliphatic carbocycles. The normalized spacial score (nSPS) is 11.9. The third kappa shape index (κ3) is 3.87.